The van der Waals surface area contributed by atoms with Crippen molar-refractivity contribution in [2.45, 2.75) is 18.8 Å². The Morgan fingerprint density at radius 2 is 1.50 bits per heavy atom. The average Bonchev–Trinajstić information content (AvgIpc) is 2.92. The SMILES string of the molecule is FC1(F)C2CC(CNc3ccc(Oc4ccc(Cl)cc4)cc3)CC21. The minimum Gasteiger partial charge on any atom is -0.457 e. The molecule has 2 unspecified atom stereocenters. The van der Waals surface area contributed by atoms with Crippen LogP contribution in [0.4, 0.5) is 14.5 Å². The molecule has 0 aromatic heterocycles. The first-order valence-corrected chi connectivity index (χ1v) is 8.55. The van der Waals surface area contributed by atoms with Gasteiger partial charge in [-0.15, -0.1) is 0 Å². The number of anilines is 1. The van der Waals surface area contributed by atoms with E-state index >= 15 is 0 Å². The molecule has 0 radical (unpaired) electrons. The molecule has 2 aliphatic rings. The van der Waals surface area contributed by atoms with Crippen LogP contribution in [0.5, 0.6) is 11.5 Å². The fraction of sp³-hybridized carbons (Fsp3) is 0.368. The van der Waals surface area contributed by atoms with E-state index in [1.54, 1.807) is 12.1 Å². The van der Waals surface area contributed by atoms with Crippen molar-refractivity contribution in [3.8, 4) is 11.5 Å². The number of benzene rings is 2. The van der Waals surface area contributed by atoms with Crippen LogP contribution in [0.3, 0.4) is 0 Å². The highest BCUT2D eigenvalue weighted by Crippen LogP contribution is 2.65. The fourth-order valence-corrected chi connectivity index (χ4v) is 3.75. The molecule has 0 amide bonds. The summed E-state index contributed by atoms with van der Waals surface area (Å²) in [6.07, 6.45) is 1.28. The smallest absolute Gasteiger partial charge is 0.254 e. The monoisotopic (exact) mass is 349 g/mol. The zero-order valence-electron chi connectivity index (χ0n) is 13.0. The third-order valence-corrected chi connectivity index (χ3v) is 5.29. The van der Waals surface area contributed by atoms with Gasteiger partial charge in [0.05, 0.1) is 0 Å². The summed E-state index contributed by atoms with van der Waals surface area (Å²) in [5.41, 5.74) is 0.978. The average molecular weight is 350 g/mol. The second-order valence-corrected chi connectivity index (χ2v) is 7.12. The third kappa shape index (κ3) is 3.07. The molecule has 126 valence electrons. The van der Waals surface area contributed by atoms with E-state index in [1.165, 1.54) is 0 Å². The first kappa shape index (κ1) is 15.7. The highest BCUT2D eigenvalue weighted by atomic mass is 35.5. The van der Waals surface area contributed by atoms with Crippen LogP contribution in [0.1, 0.15) is 12.8 Å². The summed E-state index contributed by atoms with van der Waals surface area (Å²) < 4.78 is 32.1. The van der Waals surface area contributed by atoms with Gasteiger partial charge in [-0.05, 0) is 67.3 Å². The van der Waals surface area contributed by atoms with Crippen molar-refractivity contribution in [2.75, 3.05) is 11.9 Å². The molecule has 24 heavy (non-hydrogen) atoms. The van der Waals surface area contributed by atoms with E-state index in [0.29, 0.717) is 23.8 Å². The van der Waals surface area contributed by atoms with Gasteiger partial charge in [-0.2, -0.15) is 0 Å². The molecule has 0 aliphatic heterocycles. The first-order chi connectivity index (χ1) is 11.5. The van der Waals surface area contributed by atoms with Crippen LogP contribution in [0.15, 0.2) is 48.5 Å². The van der Waals surface area contributed by atoms with E-state index in [1.807, 2.05) is 36.4 Å². The molecule has 2 atom stereocenters. The lowest BCUT2D eigenvalue weighted by Gasteiger charge is -2.16. The highest BCUT2D eigenvalue weighted by Gasteiger charge is 2.71. The largest absolute Gasteiger partial charge is 0.457 e. The lowest BCUT2D eigenvalue weighted by molar-refractivity contribution is 0.0649. The Bertz CT molecular complexity index is 703. The maximum atomic E-state index is 13.2. The number of hydrogen-bond donors (Lipinski definition) is 1. The highest BCUT2D eigenvalue weighted by molar-refractivity contribution is 6.30. The third-order valence-electron chi connectivity index (χ3n) is 5.04. The van der Waals surface area contributed by atoms with Crippen LogP contribution in [-0.2, 0) is 0 Å². The Labute approximate surface area is 144 Å². The first-order valence-electron chi connectivity index (χ1n) is 8.17. The molecule has 2 aromatic rings. The van der Waals surface area contributed by atoms with Gasteiger partial charge >= 0.3 is 0 Å². The van der Waals surface area contributed by atoms with E-state index in [0.717, 1.165) is 23.7 Å². The summed E-state index contributed by atoms with van der Waals surface area (Å²) in [6, 6.07) is 14.8. The number of fused-ring (bicyclic) bond motifs is 1. The van der Waals surface area contributed by atoms with E-state index in [4.69, 9.17) is 16.3 Å². The van der Waals surface area contributed by atoms with Crippen molar-refractivity contribution in [1.29, 1.82) is 0 Å². The number of hydrogen-bond acceptors (Lipinski definition) is 2. The van der Waals surface area contributed by atoms with E-state index in [9.17, 15) is 8.78 Å². The molecule has 2 aromatic carbocycles. The van der Waals surface area contributed by atoms with Crippen LogP contribution in [0.25, 0.3) is 0 Å². The molecule has 0 saturated heterocycles. The molecular weight excluding hydrogens is 332 g/mol. The summed E-state index contributed by atoms with van der Waals surface area (Å²) in [5.74, 6) is -1.28. The van der Waals surface area contributed by atoms with Gasteiger partial charge in [-0.25, -0.2) is 8.78 Å². The summed E-state index contributed by atoms with van der Waals surface area (Å²) in [6.45, 7) is 0.750. The zero-order valence-corrected chi connectivity index (χ0v) is 13.8. The standard InChI is InChI=1S/C19H18ClF2NO/c20-13-1-5-15(6-2-13)24-16-7-3-14(4-8-16)23-11-12-9-17-18(10-12)19(17,21)22/h1-8,12,17-18,23H,9-11H2. The Hall–Kier alpha value is -1.81. The van der Waals surface area contributed by atoms with Crippen LogP contribution in [0.2, 0.25) is 5.02 Å². The molecule has 2 fully saturated rings. The summed E-state index contributed by atoms with van der Waals surface area (Å²) in [5, 5.41) is 4.01. The number of nitrogens with one attached hydrogen (secondary N) is 1. The number of ether oxygens (including phenoxy) is 1. The predicted molar refractivity (Wildman–Crippen MR) is 91.1 cm³/mol. The van der Waals surface area contributed by atoms with Crippen LogP contribution in [-0.4, -0.2) is 12.5 Å². The summed E-state index contributed by atoms with van der Waals surface area (Å²) >= 11 is 5.85. The maximum Gasteiger partial charge on any atom is 0.254 e. The number of alkyl halides is 2. The normalized spacial score (nSPS) is 26.7. The predicted octanol–water partition coefficient (Wildman–Crippen LogP) is 5.84. The Morgan fingerprint density at radius 1 is 0.958 bits per heavy atom. The van der Waals surface area contributed by atoms with Crippen molar-refractivity contribution < 1.29 is 13.5 Å². The van der Waals surface area contributed by atoms with Crippen molar-refractivity contribution in [3.05, 3.63) is 53.6 Å². The van der Waals surface area contributed by atoms with Gasteiger partial charge < -0.3 is 10.1 Å². The van der Waals surface area contributed by atoms with Crippen molar-refractivity contribution in [3.63, 3.8) is 0 Å². The van der Waals surface area contributed by atoms with Gasteiger partial charge in [0.15, 0.2) is 0 Å². The van der Waals surface area contributed by atoms with Crippen molar-refractivity contribution in [1.82, 2.24) is 0 Å². The molecule has 0 spiro atoms. The Balaban J connectivity index is 1.28. The zero-order chi connectivity index (χ0) is 16.7. The lowest BCUT2D eigenvalue weighted by atomic mass is 10.0. The molecule has 1 N–H and O–H groups in total. The van der Waals surface area contributed by atoms with Crippen molar-refractivity contribution >= 4 is 17.3 Å². The molecule has 5 heteroatoms. The number of rotatable bonds is 5. The fourth-order valence-electron chi connectivity index (χ4n) is 3.63. The van der Waals surface area contributed by atoms with E-state index < -0.39 is 5.92 Å². The van der Waals surface area contributed by atoms with Gasteiger partial charge in [0.1, 0.15) is 11.5 Å². The summed E-state index contributed by atoms with van der Waals surface area (Å²) in [7, 11) is 0. The van der Waals surface area contributed by atoms with E-state index in [-0.39, 0.29) is 11.8 Å². The molecule has 2 saturated carbocycles. The number of halogens is 3. The van der Waals surface area contributed by atoms with Gasteiger partial charge in [0, 0.05) is 29.1 Å². The van der Waals surface area contributed by atoms with Gasteiger partial charge in [-0.1, -0.05) is 11.6 Å². The molecule has 0 heterocycles. The second kappa shape index (κ2) is 5.92. The summed E-state index contributed by atoms with van der Waals surface area (Å²) in [4.78, 5) is 0. The van der Waals surface area contributed by atoms with Crippen LogP contribution < -0.4 is 10.1 Å². The van der Waals surface area contributed by atoms with Crippen LogP contribution >= 0.6 is 11.6 Å². The minimum absolute atomic E-state index is 0.351. The molecule has 0 bridgehead atoms. The minimum atomic E-state index is -2.38. The molecular formula is C19H18ClF2NO. The Morgan fingerprint density at radius 3 is 2.08 bits per heavy atom. The second-order valence-electron chi connectivity index (χ2n) is 6.69. The van der Waals surface area contributed by atoms with Crippen LogP contribution in [0, 0.1) is 17.8 Å². The molecule has 2 aliphatic carbocycles. The van der Waals surface area contributed by atoms with Gasteiger partial charge in [-0.3, -0.25) is 0 Å². The maximum absolute atomic E-state index is 13.2. The van der Waals surface area contributed by atoms with Gasteiger partial charge in [0.25, 0.3) is 5.92 Å². The molecule has 2 nitrogen and oxygen atoms in total. The van der Waals surface area contributed by atoms with E-state index in [2.05, 4.69) is 5.32 Å². The quantitative estimate of drug-likeness (QED) is 0.732. The lowest BCUT2D eigenvalue weighted by Crippen LogP contribution is -2.16. The Kier molecular flexibility index (Phi) is 3.87. The van der Waals surface area contributed by atoms with Crippen molar-refractivity contribution in [2.24, 2.45) is 17.8 Å². The topological polar surface area (TPSA) is 21.3 Å². The van der Waals surface area contributed by atoms with Gasteiger partial charge in [0.2, 0.25) is 0 Å². The molecule has 4 rings (SSSR count).